The monoisotopic (exact) mass is 261 g/mol. The number of imidazole rings is 1. The fourth-order valence-electron chi connectivity index (χ4n) is 1.79. The van der Waals surface area contributed by atoms with E-state index in [1.165, 1.54) is 10.5 Å². The van der Waals surface area contributed by atoms with E-state index in [2.05, 4.69) is 46.9 Å². The van der Waals surface area contributed by atoms with Crippen LogP contribution in [0, 0.1) is 0 Å². The average Bonchev–Trinajstić information content (AvgIpc) is 2.86. The minimum absolute atomic E-state index is 0.719. The maximum Gasteiger partial charge on any atom is 0.0953 e. The van der Waals surface area contributed by atoms with E-state index in [1.54, 1.807) is 0 Å². The van der Waals surface area contributed by atoms with Gasteiger partial charge in [0.1, 0.15) is 0 Å². The summed E-state index contributed by atoms with van der Waals surface area (Å²) in [5.41, 5.74) is 7.70. The van der Waals surface area contributed by atoms with Crippen LogP contribution in [0.4, 0.5) is 0 Å². The molecule has 0 saturated carbocycles. The highest BCUT2D eigenvalue weighted by atomic mass is 32.2. The molecule has 4 heteroatoms. The highest BCUT2D eigenvalue weighted by molar-refractivity contribution is 7.99. The van der Waals surface area contributed by atoms with Crippen molar-refractivity contribution < 1.29 is 0 Å². The van der Waals surface area contributed by atoms with E-state index in [1.807, 2.05) is 18.1 Å². The molecule has 2 aromatic rings. The van der Waals surface area contributed by atoms with E-state index in [0.717, 1.165) is 31.0 Å². The van der Waals surface area contributed by atoms with E-state index < -0.39 is 0 Å². The highest BCUT2D eigenvalue weighted by Crippen LogP contribution is 2.22. The number of rotatable bonds is 6. The lowest BCUT2D eigenvalue weighted by Gasteiger charge is -2.01. The molecule has 3 nitrogen and oxygen atoms in total. The summed E-state index contributed by atoms with van der Waals surface area (Å²) in [5, 5.41) is 0. The Hall–Kier alpha value is -1.26. The van der Waals surface area contributed by atoms with Crippen LogP contribution in [0.5, 0.6) is 0 Å². The molecule has 0 aliphatic carbocycles. The van der Waals surface area contributed by atoms with Crippen LogP contribution in [0.1, 0.15) is 13.3 Å². The molecule has 1 heterocycles. The van der Waals surface area contributed by atoms with Crippen LogP contribution in [0.15, 0.2) is 41.7 Å². The molecule has 0 unspecified atom stereocenters. The molecule has 0 atom stereocenters. The van der Waals surface area contributed by atoms with Gasteiger partial charge in [-0.3, -0.25) is 0 Å². The fraction of sp³-hybridized carbons (Fsp3) is 0.357. The molecule has 0 fully saturated rings. The van der Waals surface area contributed by atoms with Crippen LogP contribution in [0.3, 0.4) is 0 Å². The third-order valence-electron chi connectivity index (χ3n) is 2.71. The summed E-state index contributed by atoms with van der Waals surface area (Å²) in [6, 6.07) is 8.58. The lowest BCUT2D eigenvalue weighted by atomic mass is 10.2. The third kappa shape index (κ3) is 3.37. The quantitative estimate of drug-likeness (QED) is 0.813. The minimum Gasteiger partial charge on any atom is -0.337 e. The summed E-state index contributed by atoms with van der Waals surface area (Å²) in [5.74, 6) is 1.10. The van der Waals surface area contributed by atoms with E-state index in [9.17, 15) is 0 Å². The first-order valence-electron chi connectivity index (χ1n) is 6.28. The van der Waals surface area contributed by atoms with Gasteiger partial charge < -0.3 is 10.3 Å². The molecule has 18 heavy (non-hydrogen) atoms. The number of aromatic nitrogens is 2. The average molecular weight is 261 g/mol. The number of nitrogens with zero attached hydrogens (tertiary/aromatic N) is 2. The van der Waals surface area contributed by atoms with Crippen molar-refractivity contribution in [2.24, 2.45) is 5.73 Å². The maximum absolute atomic E-state index is 5.50. The Morgan fingerprint density at radius 1 is 1.28 bits per heavy atom. The van der Waals surface area contributed by atoms with Crippen LogP contribution in [-0.2, 0) is 6.54 Å². The summed E-state index contributed by atoms with van der Waals surface area (Å²) < 4.78 is 2.09. The van der Waals surface area contributed by atoms with Crippen molar-refractivity contribution in [3.05, 3.63) is 36.8 Å². The lowest BCUT2D eigenvalue weighted by Crippen LogP contribution is -2.03. The highest BCUT2D eigenvalue weighted by Gasteiger charge is 2.02. The zero-order valence-electron chi connectivity index (χ0n) is 10.7. The van der Waals surface area contributed by atoms with Crippen molar-refractivity contribution in [1.29, 1.82) is 0 Å². The van der Waals surface area contributed by atoms with Gasteiger partial charge in [-0.1, -0.05) is 19.1 Å². The van der Waals surface area contributed by atoms with Crippen LogP contribution in [-0.4, -0.2) is 21.8 Å². The van der Waals surface area contributed by atoms with Crippen molar-refractivity contribution in [3.8, 4) is 11.3 Å². The molecule has 0 bridgehead atoms. The summed E-state index contributed by atoms with van der Waals surface area (Å²) in [6.45, 7) is 3.82. The molecule has 0 aliphatic rings. The maximum atomic E-state index is 5.50. The molecule has 96 valence electrons. The normalized spacial score (nSPS) is 10.8. The molecular weight excluding hydrogens is 242 g/mol. The summed E-state index contributed by atoms with van der Waals surface area (Å²) in [4.78, 5) is 5.74. The van der Waals surface area contributed by atoms with Crippen molar-refractivity contribution in [1.82, 2.24) is 9.55 Å². The fourth-order valence-corrected chi connectivity index (χ4v) is 2.46. The zero-order valence-corrected chi connectivity index (χ0v) is 11.5. The number of benzene rings is 1. The Morgan fingerprint density at radius 3 is 2.72 bits per heavy atom. The van der Waals surface area contributed by atoms with Gasteiger partial charge in [0.05, 0.1) is 12.0 Å². The smallest absolute Gasteiger partial charge is 0.0953 e. The molecule has 0 saturated heterocycles. The van der Waals surface area contributed by atoms with Crippen LogP contribution < -0.4 is 5.73 Å². The zero-order chi connectivity index (χ0) is 12.8. The number of hydrogen-bond acceptors (Lipinski definition) is 3. The Bertz CT molecular complexity index is 476. The SMILES string of the molecule is CCSc1ccc(-c2cn(CCCN)cn2)cc1. The van der Waals surface area contributed by atoms with Gasteiger partial charge in [-0.2, -0.15) is 0 Å². The first kappa shape index (κ1) is 13.2. The summed E-state index contributed by atoms with van der Waals surface area (Å²) in [6.07, 6.45) is 4.94. The van der Waals surface area contributed by atoms with Gasteiger partial charge in [-0.15, -0.1) is 11.8 Å². The predicted octanol–water partition coefficient (Wildman–Crippen LogP) is 3.01. The van der Waals surface area contributed by atoms with Crippen LogP contribution in [0.25, 0.3) is 11.3 Å². The number of hydrogen-bond donors (Lipinski definition) is 1. The van der Waals surface area contributed by atoms with Crippen molar-refractivity contribution >= 4 is 11.8 Å². The van der Waals surface area contributed by atoms with Gasteiger partial charge >= 0.3 is 0 Å². The Kier molecular flexibility index (Phi) is 4.84. The van der Waals surface area contributed by atoms with Crippen molar-refractivity contribution in [3.63, 3.8) is 0 Å². The second kappa shape index (κ2) is 6.61. The standard InChI is InChI=1S/C14H19N3S/c1-2-18-13-6-4-12(5-7-13)14-10-17(11-16-14)9-3-8-15/h4-7,10-11H,2-3,8-9,15H2,1H3. The van der Waals surface area contributed by atoms with E-state index in [4.69, 9.17) is 5.73 Å². The topological polar surface area (TPSA) is 43.8 Å². The lowest BCUT2D eigenvalue weighted by molar-refractivity contribution is 0.650. The van der Waals surface area contributed by atoms with Gasteiger partial charge in [-0.05, 0) is 30.9 Å². The van der Waals surface area contributed by atoms with E-state index in [0.29, 0.717) is 0 Å². The number of nitrogens with two attached hydrogens (primary N) is 1. The van der Waals surface area contributed by atoms with E-state index >= 15 is 0 Å². The molecular formula is C14H19N3S. The predicted molar refractivity (Wildman–Crippen MR) is 77.7 cm³/mol. The summed E-state index contributed by atoms with van der Waals surface area (Å²) in [7, 11) is 0. The Labute approximate surface area is 112 Å². The molecule has 0 radical (unpaired) electrons. The summed E-state index contributed by atoms with van der Waals surface area (Å²) >= 11 is 1.86. The Morgan fingerprint density at radius 2 is 2.06 bits per heavy atom. The first-order valence-corrected chi connectivity index (χ1v) is 7.27. The van der Waals surface area contributed by atoms with Gasteiger partial charge in [-0.25, -0.2) is 4.98 Å². The molecule has 0 spiro atoms. The molecule has 2 N–H and O–H groups in total. The third-order valence-corrected chi connectivity index (χ3v) is 3.61. The molecule has 1 aromatic carbocycles. The van der Waals surface area contributed by atoms with E-state index in [-0.39, 0.29) is 0 Å². The molecule has 1 aromatic heterocycles. The second-order valence-electron chi connectivity index (χ2n) is 4.10. The van der Waals surface area contributed by atoms with Gasteiger partial charge in [0.25, 0.3) is 0 Å². The second-order valence-corrected chi connectivity index (χ2v) is 5.43. The first-order chi connectivity index (χ1) is 8.83. The van der Waals surface area contributed by atoms with Crippen LogP contribution >= 0.6 is 11.8 Å². The molecule has 2 rings (SSSR count). The van der Waals surface area contributed by atoms with Crippen molar-refractivity contribution in [2.45, 2.75) is 24.8 Å². The number of aryl methyl sites for hydroxylation is 1. The molecule has 0 aliphatic heterocycles. The number of thioether (sulfide) groups is 1. The largest absolute Gasteiger partial charge is 0.337 e. The van der Waals surface area contributed by atoms with Gasteiger partial charge in [0.2, 0.25) is 0 Å². The minimum atomic E-state index is 0.719. The van der Waals surface area contributed by atoms with Gasteiger partial charge in [0, 0.05) is 23.2 Å². The van der Waals surface area contributed by atoms with Gasteiger partial charge in [0.15, 0.2) is 0 Å². The Balaban J connectivity index is 2.08. The van der Waals surface area contributed by atoms with Crippen molar-refractivity contribution in [2.75, 3.05) is 12.3 Å². The molecule has 0 amide bonds. The van der Waals surface area contributed by atoms with Crippen LogP contribution in [0.2, 0.25) is 0 Å².